The van der Waals surface area contributed by atoms with Crippen molar-refractivity contribution in [1.29, 1.82) is 0 Å². The van der Waals surface area contributed by atoms with Gasteiger partial charge in [-0.3, -0.25) is 0 Å². The van der Waals surface area contributed by atoms with Gasteiger partial charge in [-0.15, -0.1) is 0 Å². The van der Waals surface area contributed by atoms with Crippen molar-refractivity contribution in [2.75, 3.05) is 7.11 Å². The zero-order valence-corrected chi connectivity index (χ0v) is 17.1. The highest BCUT2D eigenvalue weighted by Gasteiger charge is 2.43. The van der Waals surface area contributed by atoms with Gasteiger partial charge in [0.15, 0.2) is 5.79 Å². The lowest BCUT2D eigenvalue weighted by atomic mass is 10.0. The largest absolute Gasteiger partial charge is 0.507 e. The van der Waals surface area contributed by atoms with E-state index in [1.54, 1.807) is 39.0 Å². The van der Waals surface area contributed by atoms with Crippen molar-refractivity contribution in [1.82, 2.24) is 0 Å². The number of benzene rings is 1. The molecule has 0 amide bonds. The first-order valence-corrected chi connectivity index (χ1v) is 9.69. The molecule has 3 rings (SSSR count). The van der Waals surface area contributed by atoms with Gasteiger partial charge < -0.3 is 29.2 Å². The molecule has 158 valence electrons. The van der Waals surface area contributed by atoms with Crippen molar-refractivity contribution in [3.05, 3.63) is 41.5 Å². The van der Waals surface area contributed by atoms with E-state index in [1.165, 1.54) is 13.2 Å². The lowest BCUT2D eigenvalue weighted by Gasteiger charge is -2.21. The van der Waals surface area contributed by atoms with Crippen LogP contribution in [0.2, 0.25) is 0 Å². The van der Waals surface area contributed by atoms with Gasteiger partial charge in [-0.05, 0) is 38.8 Å². The van der Waals surface area contributed by atoms with Gasteiger partial charge in [-0.2, -0.15) is 0 Å². The number of phenolic OH excluding ortho intramolecular Hbond substituents is 1. The Balaban J connectivity index is 1.97. The molecule has 0 saturated carbocycles. The Morgan fingerprint density at radius 1 is 1.17 bits per heavy atom. The van der Waals surface area contributed by atoms with Gasteiger partial charge in [0.25, 0.3) is 0 Å². The van der Waals surface area contributed by atoms with Crippen molar-refractivity contribution >= 4 is 12.0 Å². The van der Waals surface area contributed by atoms with Crippen LogP contribution in [0.25, 0.3) is 6.08 Å². The topological polar surface area (TPSA) is 94.5 Å². The maximum atomic E-state index is 12.7. The number of rotatable bonds is 1. The molecule has 0 spiro atoms. The number of carbonyl (C=O) groups is 1. The summed E-state index contributed by atoms with van der Waals surface area (Å²) in [5, 5.41) is 21.0. The second kappa shape index (κ2) is 8.57. The van der Waals surface area contributed by atoms with Crippen LogP contribution in [0.15, 0.2) is 30.4 Å². The molecular weight excluding hydrogens is 376 g/mol. The minimum Gasteiger partial charge on any atom is -0.507 e. The second-order valence-corrected chi connectivity index (χ2v) is 7.76. The van der Waals surface area contributed by atoms with Gasteiger partial charge in [-0.25, -0.2) is 4.79 Å². The number of fused-ring (bicyclic) bond motifs is 2. The highest BCUT2D eigenvalue weighted by atomic mass is 16.8. The summed E-state index contributed by atoms with van der Waals surface area (Å²) in [6, 6.07) is 3.00. The van der Waals surface area contributed by atoms with Gasteiger partial charge in [0.2, 0.25) is 0 Å². The molecule has 0 unspecified atom stereocenters. The summed E-state index contributed by atoms with van der Waals surface area (Å²) in [5.41, 5.74) is 0.503. The van der Waals surface area contributed by atoms with E-state index in [2.05, 4.69) is 0 Å². The minimum absolute atomic E-state index is 0.0592. The predicted molar refractivity (Wildman–Crippen MR) is 107 cm³/mol. The number of hydrogen-bond acceptors (Lipinski definition) is 7. The third-order valence-electron chi connectivity index (χ3n) is 4.88. The van der Waals surface area contributed by atoms with E-state index < -0.39 is 36.2 Å². The average Bonchev–Trinajstić information content (AvgIpc) is 2.95. The monoisotopic (exact) mass is 404 g/mol. The van der Waals surface area contributed by atoms with Crippen LogP contribution >= 0.6 is 0 Å². The Bertz CT molecular complexity index is 812. The summed E-state index contributed by atoms with van der Waals surface area (Å²) >= 11 is 0. The Kier molecular flexibility index (Phi) is 6.31. The van der Waals surface area contributed by atoms with Crippen LogP contribution in [0.4, 0.5) is 0 Å². The highest BCUT2D eigenvalue weighted by molar-refractivity contribution is 5.97. The number of aliphatic hydroxyl groups excluding tert-OH is 1. The van der Waals surface area contributed by atoms with Crippen LogP contribution in [-0.2, 0) is 14.2 Å². The van der Waals surface area contributed by atoms with E-state index in [1.807, 2.05) is 12.2 Å². The molecule has 0 bridgehead atoms. The number of carbonyl (C=O) groups excluding carboxylic acids is 1. The van der Waals surface area contributed by atoms with E-state index in [0.717, 1.165) is 0 Å². The van der Waals surface area contributed by atoms with Crippen LogP contribution in [0.3, 0.4) is 0 Å². The second-order valence-electron chi connectivity index (χ2n) is 7.76. The summed E-state index contributed by atoms with van der Waals surface area (Å²) in [7, 11) is 1.48. The van der Waals surface area contributed by atoms with Crippen molar-refractivity contribution in [2.45, 2.75) is 63.8 Å². The molecule has 2 aliphatic heterocycles. The molecule has 0 aliphatic carbocycles. The average molecular weight is 404 g/mol. The van der Waals surface area contributed by atoms with Crippen LogP contribution < -0.4 is 4.74 Å². The molecule has 2 heterocycles. The van der Waals surface area contributed by atoms with Gasteiger partial charge in [-0.1, -0.05) is 24.3 Å². The maximum absolute atomic E-state index is 12.7. The summed E-state index contributed by atoms with van der Waals surface area (Å²) < 4.78 is 22.5. The molecule has 1 fully saturated rings. The van der Waals surface area contributed by atoms with Crippen molar-refractivity contribution in [2.24, 2.45) is 0 Å². The third-order valence-corrected chi connectivity index (χ3v) is 4.88. The van der Waals surface area contributed by atoms with E-state index >= 15 is 0 Å². The lowest BCUT2D eigenvalue weighted by Crippen LogP contribution is -2.34. The minimum atomic E-state index is -0.808. The van der Waals surface area contributed by atoms with E-state index in [0.29, 0.717) is 17.7 Å². The summed E-state index contributed by atoms with van der Waals surface area (Å²) in [6.45, 7) is 5.38. The summed E-state index contributed by atoms with van der Waals surface area (Å²) in [4.78, 5) is 12.7. The fourth-order valence-corrected chi connectivity index (χ4v) is 3.52. The van der Waals surface area contributed by atoms with Gasteiger partial charge in [0.1, 0.15) is 35.4 Å². The van der Waals surface area contributed by atoms with Gasteiger partial charge in [0.05, 0.1) is 13.2 Å². The molecule has 0 aromatic heterocycles. The Hall–Kier alpha value is -2.35. The van der Waals surface area contributed by atoms with E-state index in [-0.39, 0.29) is 17.7 Å². The first kappa shape index (κ1) is 21.4. The van der Waals surface area contributed by atoms with E-state index in [9.17, 15) is 15.0 Å². The smallest absolute Gasteiger partial charge is 0.342 e. The highest BCUT2D eigenvalue weighted by Crippen LogP contribution is 2.33. The summed E-state index contributed by atoms with van der Waals surface area (Å²) in [6.07, 6.45) is 5.64. The zero-order valence-electron chi connectivity index (χ0n) is 17.1. The fraction of sp³-hybridized carbons (Fsp3) is 0.500. The first-order chi connectivity index (χ1) is 13.7. The number of aromatic hydroxyl groups is 1. The van der Waals surface area contributed by atoms with Crippen LogP contribution in [-0.4, -0.2) is 53.5 Å². The SMILES string of the molecule is COc1cc(O)c2c(c1)/C=C\C[C@H](O)[C@@H]1OC(C)(C)O[C@H]1/C=C\C[C@H](C)OC2=O. The zero-order chi connectivity index (χ0) is 21.2. The molecule has 29 heavy (non-hydrogen) atoms. The number of aliphatic hydroxyl groups is 1. The Labute approximate surface area is 170 Å². The molecule has 1 saturated heterocycles. The maximum Gasteiger partial charge on any atom is 0.342 e. The molecule has 7 heteroatoms. The van der Waals surface area contributed by atoms with Crippen molar-refractivity contribution in [3.63, 3.8) is 0 Å². The predicted octanol–water partition coefficient (Wildman–Crippen LogP) is 3.19. The number of phenols is 1. The quantitative estimate of drug-likeness (QED) is 0.548. The van der Waals surface area contributed by atoms with Gasteiger partial charge >= 0.3 is 5.97 Å². The molecular formula is C22H28O7. The molecule has 0 radical (unpaired) electrons. The number of ether oxygens (including phenoxy) is 4. The molecule has 4 atom stereocenters. The molecule has 2 aliphatic rings. The van der Waals surface area contributed by atoms with Crippen LogP contribution in [0.5, 0.6) is 11.5 Å². The molecule has 1 aromatic carbocycles. The third kappa shape index (κ3) is 4.98. The van der Waals surface area contributed by atoms with Crippen molar-refractivity contribution in [3.8, 4) is 11.5 Å². The molecule has 2 N–H and O–H groups in total. The van der Waals surface area contributed by atoms with Crippen LogP contribution in [0.1, 0.15) is 49.5 Å². The standard InChI is InChI=1S/C22H28O7/c1-13-7-5-10-18-20(29-22(2,3)28-18)16(23)9-6-8-14-11-15(26-4)12-17(24)19(14)21(25)27-13/h5-6,8,10-13,16,18,20,23-24H,7,9H2,1-4H3/b8-6-,10-5-/t13-,16-,18-,20-/m0/s1. The fourth-order valence-electron chi connectivity index (χ4n) is 3.52. The van der Waals surface area contributed by atoms with Gasteiger partial charge in [0, 0.05) is 12.5 Å². The Morgan fingerprint density at radius 3 is 2.66 bits per heavy atom. The summed E-state index contributed by atoms with van der Waals surface area (Å²) in [5.74, 6) is -1.24. The number of cyclic esters (lactones) is 1. The molecule has 1 aromatic rings. The number of esters is 1. The number of hydrogen-bond donors (Lipinski definition) is 2. The first-order valence-electron chi connectivity index (χ1n) is 9.69. The van der Waals surface area contributed by atoms with Crippen molar-refractivity contribution < 1.29 is 34.0 Å². The normalized spacial score (nSPS) is 31.7. The lowest BCUT2D eigenvalue weighted by molar-refractivity contribution is -0.153. The van der Waals surface area contributed by atoms with Crippen LogP contribution in [0, 0.1) is 0 Å². The number of methoxy groups -OCH3 is 1. The molecule has 7 nitrogen and oxygen atoms in total. The van der Waals surface area contributed by atoms with E-state index in [4.69, 9.17) is 18.9 Å². The Morgan fingerprint density at radius 2 is 1.93 bits per heavy atom.